The van der Waals surface area contributed by atoms with Crippen LogP contribution in [0.3, 0.4) is 0 Å². The number of aromatic nitrogens is 2. The van der Waals surface area contributed by atoms with Crippen molar-refractivity contribution in [3.63, 3.8) is 0 Å². The third-order valence-corrected chi connectivity index (χ3v) is 9.29. The fraction of sp³-hybridized carbons (Fsp3) is 0.483. The van der Waals surface area contributed by atoms with E-state index in [4.69, 9.17) is 9.52 Å². The Labute approximate surface area is 219 Å². The summed E-state index contributed by atoms with van der Waals surface area (Å²) in [5, 5.41) is 9.78. The van der Waals surface area contributed by atoms with E-state index in [2.05, 4.69) is 59.8 Å². The zero-order chi connectivity index (χ0) is 25.9. The topological polar surface area (TPSA) is 76.5 Å². The maximum Gasteiger partial charge on any atom is 0.256 e. The average Bonchev–Trinajstić information content (AvgIpc) is 3.47. The molecule has 1 N–H and O–H groups in total. The number of rotatable bonds is 6. The molecule has 0 bridgehead atoms. The van der Waals surface area contributed by atoms with E-state index in [0.29, 0.717) is 11.5 Å². The Morgan fingerprint density at radius 1 is 1.16 bits per heavy atom. The molecule has 3 aromatic rings. The second-order valence-electron chi connectivity index (χ2n) is 12.2. The summed E-state index contributed by atoms with van der Waals surface area (Å²) in [6, 6.07) is 10.3. The summed E-state index contributed by atoms with van der Waals surface area (Å²) in [5.74, 6) is 0.284. The fourth-order valence-electron chi connectivity index (χ4n) is 6.13. The van der Waals surface area contributed by atoms with Crippen LogP contribution in [0.15, 0.2) is 42.7 Å². The monoisotopic (exact) mass is 516 g/mol. The van der Waals surface area contributed by atoms with E-state index in [1.165, 1.54) is 6.42 Å². The van der Waals surface area contributed by atoms with Crippen molar-refractivity contribution >= 4 is 36.6 Å². The summed E-state index contributed by atoms with van der Waals surface area (Å²) >= 11 is 0. The normalized spacial score (nSPS) is 20.1. The number of anilines is 1. The molecule has 3 heterocycles. The van der Waals surface area contributed by atoms with Gasteiger partial charge in [-0.1, -0.05) is 31.5 Å². The van der Waals surface area contributed by atoms with Gasteiger partial charge >= 0.3 is 0 Å². The van der Waals surface area contributed by atoms with Gasteiger partial charge in [-0.05, 0) is 68.4 Å². The van der Waals surface area contributed by atoms with Gasteiger partial charge in [-0.15, -0.1) is 0 Å². The summed E-state index contributed by atoms with van der Waals surface area (Å²) < 4.78 is 8.86. The van der Waals surface area contributed by atoms with E-state index in [-0.39, 0.29) is 23.5 Å². The Kier molecular flexibility index (Phi) is 5.80. The van der Waals surface area contributed by atoms with Crippen molar-refractivity contribution in [1.82, 2.24) is 14.7 Å². The highest BCUT2D eigenvalue weighted by Gasteiger charge is 2.42. The lowest BCUT2D eigenvalue weighted by Crippen LogP contribution is -2.49. The summed E-state index contributed by atoms with van der Waals surface area (Å²) in [6.45, 7) is 10.3. The molecule has 3 aliphatic rings. The number of hydrogen-bond donors (Lipinski definition) is 1. The summed E-state index contributed by atoms with van der Waals surface area (Å²) in [5.41, 5.74) is 3.54. The van der Waals surface area contributed by atoms with E-state index in [1.54, 1.807) is 0 Å². The van der Waals surface area contributed by atoms with E-state index in [9.17, 15) is 9.59 Å². The first-order chi connectivity index (χ1) is 17.6. The van der Waals surface area contributed by atoms with Gasteiger partial charge in [0.2, 0.25) is 5.91 Å². The Bertz CT molecular complexity index is 1380. The van der Waals surface area contributed by atoms with Crippen LogP contribution in [0.5, 0.6) is 0 Å². The van der Waals surface area contributed by atoms with Crippen molar-refractivity contribution in [3.05, 3.63) is 59.4 Å². The Hall–Kier alpha value is -2.97. The SMILES string of the molecule is CC1(C(=O)N2CCC(n3cc(C(O[Si](C)(C)C)c4ccc5c6c(cccc46)C(=O)N5)cn3)CC2)CCC1. The standard InChI is InChI=1S/C29H36N4O3Si/c1-29(13-6-14-29)28(35)32-15-11-20(12-16-32)33-18-19(17-30-33)26(36-37(2,3)4)22-9-10-24-25-21(22)7-5-8-23(25)27(34)31-24/h5,7-10,17-18,20,26H,6,11-16H2,1-4H3,(H,31,34). The maximum absolute atomic E-state index is 13.0. The highest BCUT2D eigenvalue weighted by atomic mass is 28.4. The van der Waals surface area contributed by atoms with Crippen LogP contribution in [0.2, 0.25) is 19.6 Å². The molecule has 6 rings (SSSR count). The van der Waals surface area contributed by atoms with Gasteiger partial charge in [-0.2, -0.15) is 5.10 Å². The lowest BCUT2D eigenvalue weighted by Gasteiger charge is -2.43. The highest BCUT2D eigenvalue weighted by molar-refractivity contribution is 6.69. The lowest BCUT2D eigenvalue weighted by atomic mass is 9.69. The third-order valence-electron chi connectivity index (χ3n) is 8.34. The van der Waals surface area contributed by atoms with Gasteiger partial charge in [0.05, 0.1) is 18.3 Å². The molecule has 2 aliphatic heterocycles. The van der Waals surface area contributed by atoms with Crippen molar-refractivity contribution in [2.24, 2.45) is 5.41 Å². The molecule has 1 saturated heterocycles. The minimum absolute atomic E-state index is 0.0515. The van der Waals surface area contributed by atoms with Crippen LogP contribution in [0.4, 0.5) is 5.69 Å². The van der Waals surface area contributed by atoms with Crippen molar-refractivity contribution in [1.29, 1.82) is 0 Å². The van der Waals surface area contributed by atoms with Crippen molar-refractivity contribution in [2.45, 2.75) is 70.8 Å². The van der Waals surface area contributed by atoms with Crippen LogP contribution < -0.4 is 5.32 Å². The molecule has 37 heavy (non-hydrogen) atoms. The molecule has 0 spiro atoms. The number of nitrogens with zero attached hydrogens (tertiary/aromatic N) is 3. The van der Waals surface area contributed by atoms with Gasteiger partial charge in [-0.3, -0.25) is 14.3 Å². The predicted molar refractivity (Wildman–Crippen MR) is 147 cm³/mol. The number of nitrogens with one attached hydrogen (secondary N) is 1. The Morgan fingerprint density at radius 3 is 2.59 bits per heavy atom. The molecule has 1 atom stereocenters. The van der Waals surface area contributed by atoms with Crippen LogP contribution in [-0.4, -0.2) is 47.9 Å². The summed E-state index contributed by atoms with van der Waals surface area (Å²) in [4.78, 5) is 27.5. The number of piperidine rings is 1. The smallest absolute Gasteiger partial charge is 0.256 e. The second kappa shape index (κ2) is 8.81. The average molecular weight is 517 g/mol. The molecule has 0 radical (unpaired) electrons. The molecule has 2 fully saturated rings. The minimum atomic E-state index is -1.93. The molecule has 1 aliphatic carbocycles. The van der Waals surface area contributed by atoms with E-state index in [0.717, 1.165) is 66.4 Å². The molecule has 2 amide bonds. The van der Waals surface area contributed by atoms with Crippen LogP contribution in [0.25, 0.3) is 10.8 Å². The van der Waals surface area contributed by atoms with Gasteiger partial charge in [0, 0.05) is 46.9 Å². The fourth-order valence-corrected chi connectivity index (χ4v) is 7.10. The molecular weight excluding hydrogens is 480 g/mol. The summed E-state index contributed by atoms with van der Waals surface area (Å²) in [6.07, 6.45) is 8.84. The van der Waals surface area contributed by atoms with Gasteiger partial charge in [0.1, 0.15) is 0 Å². The number of hydrogen-bond acceptors (Lipinski definition) is 4. The van der Waals surface area contributed by atoms with Crippen molar-refractivity contribution in [2.75, 3.05) is 18.4 Å². The van der Waals surface area contributed by atoms with Gasteiger partial charge in [0.25, 0.3) is 5.91 Å². The zero-order valence-corrected chi connectivity index (χ0v) is 23.2. The predicted octanol–water partition coefficient (Wildman–Crippen LogP) is 5.90. The van der Waals surface area contributed by atoms with Gasteiger partial charge in [-0.25, -0.2) is 0 Å². The second-order valence-corrected chi connectivity index (χ2v) is 16.6. The molecule has 7 nitrogen and oxygen atoms in total. The highest BCUT2D eigenvalue weighted by Crippen LogP contribution is 2.43. The van der Waals surface area contributed by atoms with E-state index in [1.807, 2.05) is 24.4 Å². The molecule has 1 aromatic heterocycles. The number of carbonyl (C=O) groups excluding carboxylic acids is 2. The molecular formula is C29H36N4O3Si. The van der Waals surface area contributed by atoms with Crippen LogP contribution in [-0.2, 0) is 9.22 Å². The van der Waals surface area contributed by atoms with Crippen molar-refractivity contribution in [3.8, 4) is 0 Å². The summed E-state index contributed by atoms with van der Waals surface area (Å²) in [7, 11) is -1.93. The number of likely N-dealkylation sites (tertiary alicyclic amines) is 1. The number of benzene rings is 2. The first-order valence-electron chi connectivity index (χ1n) is 13.5. The van der Waals surface area contributed by atoms with Crippen LogP contribution >= 0.6 is 0 Å². The third kappa shape index (κ3) is 4.30. The molecule has 2 aromatic carbocycles. The lowest BCUT2D eigenvalue weighted by molar-refractivity contribution is -0.147. The zero-order valence-electron chi connectivity index (χ0n) is 22.2. The molecule has 8 heteroatoms. The molecule has 1 unspecified atom stereocenters. The van der Waals surface area contributed by atoms with Crippen LogP contribution in [0.1, 0.15) is 72.7 Å². The van der Waals surface area contributed by atoms with E-state index >= 15 is 0 Å². The quantitative estimate of drug-likeness (QED) is 0.414. The minimum Gasteiger partial charge on any atom is -0.407 e. The molecule has 1 saturated carbocycles. The number of amides is 2. The van der Waals surface area contributed by atoms with E-state index < -0.39 is 8.32 Å². The largest absolute Gasteiger partial charge is 0.407 e. The molecule has 194 valence electrons. The first-order valence-corrected chi connectivity index (χ1v) is 16.9. The maximum atomic E-state index is 13.0. The van der Waals surface area contributed by atoms with Crippen LogP contribution in [0, 0.1) is 5.41 Å². The first kappa shape index (κ1) is 24.4. The van der Waals surface area contributed by atoms with Gasteiger partial charge < -0.3 is 14.6 Å². The van der Waals surface area contributed by atoms with Crippen molar-refractivity contribution < 1.29 is 14.0 Å². The number of carbonyl (C=O) groups is 2. The Morgan fingerprint density at radius 2 is 1.92 bits per heavy atom. The van der Waals surface area contributed by atoms with Gasteiger partial charge in [0.15, 0.2) is 8.32 Å². The Balaban J connectivity index is 1.27.